The number of nitrogens with zero attached hydrogens (tertiary/aromatic N) is 1. The Morgan fingerprint density at radius 2 is 2.00 bits per heavy atom. The molecule has 0 unspecified atom stereocenters. The molecule has 0 saturated heterocycles. The molecule has 1 aliphatic rings. The zero-order chi connectivity index (χ0) is 12.8. The molecule has 0 radical (unpaired) electrons. The molecule has 1 aromatic rings. The molecular weight excluding hydrogens is 235 g/mol. The molecule has 2 nitrogen and oxygen atoms in total. The number of rotatable bonds is 2. The Morgan fingerprint density at radius 1 is 1.35 bits per heavy atom. The van der Waals surface area contributed by atoms with Gasteiger partial charge in [0.2, 0.25) is 0 Å². The minimum atomic E-state index is -0.120. The third kappa shape index (κ3) is 3.61. The maximum absolute atomic E-state index is 13.5. The van der Waals surface area contributed by atoms with Crippen LogP contribution in [-0.2, 0) is 6.42 Å². The van der Waals surface area contributed by atoms with Crippen molar-refractivity contribution in [2.75, 3.05) is 17.3 Å². The second-order valence-corrected chi connectivity index (χ2v) is 5.30. The van der Waals surface area contributed by atoms with Crippen molar-refractivity contribution in [1.82, 2.24) is 0 Å². The Balaban J connectivity index is 0.000000437. The van der Waals surface area contributed by atoms with E-state index in [0.717, 1.165) is 30.0 Å². The number of anilines is 1. The Labute approximate surface area is 107 Å². The summed E-state index contributed by atoms with van der Waals surface area (Å²) < 4.78 is 13.5. The lowest BCUT2D eigenvalue weighted by Crippen LogP contribution is -2.28. The molecule has 0 spiro atoms. The molecule has 1 aromatic carbocycles. The van der Waals surface area contributed by atoms with Crippen LogP contribution in [0, 0.1) is 5.82 Å². The van der Waals surface area contributed by atoms with Gasteiger partial charge >= 0.3 is 0 Å². The summed E-state index contributed by atoms with van der Waals surface area (Å²) in [6, 6.07) is 3.46. The van der Waals surface area contributed by atoms with Crippen molar-refractivity contribution in [2.45, 2.75) is 38.5 Å². The topological polar surface area (TPSA) is 29.3 Å². The summed E-state index contributed by atoms with van der Waals surface area (Å²) in [4.78, 5) is 0.698. The van der Waals surface area contributed by atoms with Crippen LogP contribution in [0.1, 0.15) is 32.8 Å². The maximum Gasteiger partial charge on any atom is 0.137 e. The first kappa shape index (κ1) is 14.3. The fourth-order valence-corrected chi connectivity index (χ4v) is 2.38. The summed E-state index contributed by atoms with van der Waals surface area (Å²) in [5.74, 6) is 6.52. The Hall–Kier alpha value is -0.740. The molecule has 0 atom stereocenters. The SMILES string of the molecule is CCC.CCSc1cc2c(cc1F)CCN2N. The fourth-order valence-electron chi connectivity index (χ4n) is 1.68. The number of fused-ring (bicyclic) bond motifs is 1. The van der Waals surface area contributed by atoms with Crippen molar-refractivity contribution < 1.29 is 4.39 Å². The maximum atomic E-state index is 13.5. The number of hydrogen-bond donors (Lipinski definition) is 1. The summed E-state index contributed by atoms with van der Waals surface area (Å²) in [5.41, 5.74) is 1.99. The van der Waals surface area contributed by atoms with Crippen LogP contribution in [0.4, 0.5) is 10.1 Å². The normalized spacial score (nSPS) is 13.1. The van der Waals surface area contributed by atoms with Gasteiger partial charge < -0.3 is 5.01 Å². The van der Waals surface area contributed by atoms with E-state index < -0.39 is 0 Å². The first-order valence-corrected chi connectivity index (χ1v) is 7.09. The number of halogens is 1. The summed E-state index contributed by atoms with van der Waals surface area (Å²) in [6.45, 7) is 7.05. The lowest BCUT2D eigenvalue weighted by atomic mass is 10.2. The van der Waals surface area contributed by atoms with Crippen molar-refractivity contribution in [3.8, 4) is 0 Å². The van der Waals surface area contributed by atoms with Crippen molar-refractivity contribution in [2.24, 2.45) is 5.84 Å². The molecular formula is C13H21FN2S. The van der Waals surface area contributed by atoms with Crippen LogP contribution in [0.3, 0.4) is 0 Å². The molecule has 1 aliphatic heterocycles. The third-order valence-corrected chi connectivity index (χ3v) is 3.28. The Morgan fingerprint density at radius 3 is 2.59 bits per heavy atom. The van der Waals surface area contributed by atoms with Crippen LogP contribution < -0.4 is 10.9 Å². The summed E-state index contributed by atoms with van der Waals surface area (Å²) >= 11 is 1.51. The highest BCUT2D eigenvalue weighted by atomic mass is 32.2. The summed E-state index contributed by atoms with van der Waals surface area (Å²) in [5, 5.41) is 1.69. The highest BCUT2D eigenvalue weighted by Gasteiger charge is 2.19. The zero-order valence-electron chi connectivity index (χ0n) is 10.8. The van der Waals surface area contributed by atoms with Gasteiger partial charge in [-0.25, -0.2) is 10.2 Å². The molecule has 2 rings (SSSR count). The van der Waals surface area contributed by atoms with Gasteiger partial charge in [-0.2, -0.15) is 0 Å². The van der Waals surface area contributed by atoms with Gasteiger partial charge in [0.1, 0.15) is 5.82 Å². The lowest BCUT2D eigenvalue weighted by Gasteiger charge is -2.12. The highest BCUT2D eigenvalue weighted by Crippen LogP contribution is 2.32. The van der Waals surface area contributed by atoms with E-state index in [1.807, 2.05) is 13.0 Å². The second-order valence-electron chi connectivity index (χ2n) is 3.99. The molecule has 4 heteroatoms. The van der Waals surface area contributed by atoms with E-state index >= 15 is 0 Å². The molecule has 0 saturated carbocycles. The average Bonchev–Trinajstić information content (AvgIpc) is 2.62. The van der Waals surface area contributed by atoms with Gasteiger partial charge in [0.25, 0.3) is 0 Å². The van der Waals surface area contributed by atoms with Crippen LogP contribution in [0.15, 0.2) is 17.0 Å². The van der Waals surface area contributed by atoms with Crippen LogP contribution >= 0.6 is 11.8 Å². The number of hydrogen-bond acceptors (Lipinski definition) is 3. The van der Waals surface area contributed by atoms with E-state index in [0.29, 0.717) is 4.90 Å². The average molecular weight is 256 g/mol. The quantitative estimate of drug-likeness (QED) is 0.647. The number of benzene rings is 1. The number of nitrogens with two attached hydrogens (primary N) is 1. The first-order chi connectivity index (χ1) is 8.13. The number of thioether (sulfide) groups is 1. The van der Waals surface area contributed by atoms with Crippen molar-refractivity contribution in [3.05, 3.63) is 23.5 Å². The smallest absolute Gasteiger partial charge is 0.137 e. The van der Waals surface area contributed by atoms with Crippen LogP contribution in [-0.4, -0.2) is 12.3 Å². The Kier molecular flexibility index (Phi) is 5.78. The van der Waals surface area contributed by atoms with Crippen molar-refractivity contribution in [1.29, 1.82) is 0 Å². The molecule has 96 valence electrons. The van der Waals surface area contributed by atoms with Crippen molar-refractivity contribution >= 4 is 17.4 Å². The minimum Gasteiger partial charge on any atom is -0.310 e. The predicted octanol–water partition coefficient (Wildman–Crippen LogP) is 3.59. The van der Waals surface area contributed by atoms with Gasteiger partial charge in [-0.3, -0.25) is 0 Å². The van der Waals surface area contributed by atoms with Gasteiger partial charge in [0, 0.05) is 11.4 Å². The van der Waals surface area contributed by atoms with Gasteiger partial charge in [-0.1, -0.05) is 27.2 Å². The predicted molar refractivity (Wildman–Crippen MR) is 74.0 cm³/mol. The van der Waals surface area contributed by atoms with E-state index in [2.05, 4.69) is 13.8 Å². The van der Waals surface area contributed by atoms with Crippen molar-refractivity contribution in [3.63, 3.8) is 0 Å². The molecule has 0 aliphatic carbocycles. The molecule has 2 N–H and O–H groups in total. The molecule has 17 heavy (non-hydrogen) atoms. The molecule has 1 heterocycles. The lowest BCUT2D eigenvalue weighted by molar-refractivity contribution is 0.601. The summed E-state index contributed by atoms with van der Waals surface area (Å²) in [6.07, 6.45) is 2.10. The van der Waals surface area contributed by atoms with E-state index in [4.69, 9.17) is 5.84 Å². The molecule has 0 amide bonds. The molecule has 0 bridgehead atoms. The Bertz CT molecular complexity index is 369. The first-order valence-electron chi connectivity index (χ1n) is 6.11. The van der Waals surface area contributed by atoms with Crippen LogP contribution in [0.5, 0.6) is 0 Å². The minimum absolute atomic E-state index is 0.120. The van der Waals surface area contributed by atoms with Gasteiger partial charge in [-0.05, 0) is 29.9 Å². The zero-order valence-corrected chi connectivity index (χ0v) is 11.6. The standard InChI is InChI=1S/C10H13FN2S.C3H8/c1-2-14-10-6-9-7(5-8(10)11)3-4-13(9)12;1-3-2/h5-6H,2-4,12H2,1H3;3H2,1-2H3. The van der Waals surface area contributed by atoms with Gasteiger partial charge in [0.05, 0.1) is 5.69 Å². The fraction of sp³-hybridized carbons (Fsp3) is 0.538. The summed E-state index contributed by atoms with van der Waals surface area (Å²) in [7, 11) is 0. The second kappa shape index (κ2) is 6.87. The number of hydrazine groups is 1. The van der Waals surface area contributed by atoms with E-state index in [1.54, 1.807) is 11.1 Å². The van der Waals surface area contributed by atoms with Crippen LogP contribution in [0.25, 0.3) is 0 Å². The monoisotopic (exact) mass is 256 g/mol. The molecule has 0 aromatic heterocycles. The van der Waals surface area contributed by atoms with Crippen LogP contribution in [0.2, 0.25) is 0 Å². The third-order valence-electron chi connectivity index (χ3n) is 2.36. The van der Waals surface area contributed by atoms with E-state index in [1.165, 1.54) is 18.2 Å². The van der Waals surface area contributed by atoms with E-state index in [9.17, 15) is 4.39 Å². The largest absolute Gasteiger partial charge is 0.310 e. The van der Waals surface area contributed by atoms with E-state index in [-0.39, 0.29) is 5.82 Å². The molecule has 0 fully saturated rings. The van der Waals surface area contributed by atoms with Gasteiger partial charge in [0.15, 0.2) is 0 Å². The highest BCUT2D eigenvalue weighted by molar-refractivity contribution is 7.99. The van der Waals surface area contributed by atoms with Gasteiger partial charge in [-0.15, -0.1) is 11.8 Å².